The molecule has 1 fully saturated rings. The van der Waals surface area contributed by atoms with Crippen molar-refractivity contribution in [3.05, 3.63) is 47.8 Å². The lowest BCUT2D eigenvalue weighted by molar-refractivity contribution is -0.0379. The highest BCUT2D eigenvalue weighted by Crippen LogP contribution is 2.48. The van der Waals surface area contributed by atoms with E-state index in [9.17, 15) is 5.11 Å². The Kier molecular flexibility index (Phi) is 3.62. The van der Waals surface area contributed by atoms with Crippen LogP contribution in [0.2, 0.25) is 0 Å². The van der Waals surface area contributed by atoms with E-state index in [1.165, 1.54) is 12.0 Å². The Hall–Kier alpha value is -1.85. The number of para-hydroxylation sites is 1. The molecular formula is C18H23N3O2. The monoisotopic (exact) mass is 313 g/mol. The number of aromatic nitrogens is 2. The van der Waals surface area contributed by atoms with Crippen LogP contribution < -0.4 is 10.1 Å². The molecule has 0 bridgehead atoms. The van der Waals surface area contributed by atoms with Gasteiger partial charge in [0.05, 0.1) is 12.3 Å². The fraction of sp³-hybridized carbons (Fsp3) is 0.500. The van der Waals surface area contributed by atoms with Crippen molar-refractivity contribution in [2.45, 2.75) is 43.4 Å². The number of aliphatic hydroxyl groups excluding tert-OH is 1. The molecular weight excluding hydrogens is 290 g/mol. The highest BCUT2D eigenvalue weighted by atomic mass is 16.5. The van der Waals surface area contributed by atoms with Crippen molar-refractivity contribution in [2.24, 2.45) is 7.05 Å². The van der Waals surface area contributed by atoms with E-state index >= 15 is 0 Å². The zero-order valence-electron chi connectivity index (χ0n) is 13.4. The summed E-state index contributed by atoms with van der Waals surface area (Å²) in [6.45, 7) is 0.515. The fourth-order valence-electron chi connectivity index (χ4n) is 3.66. The molecule has 0 saturated heterocycles. The highest BCUT2D eigenvalue weighted by molar-refractivity contribution is 5.39. The van der Waals surface area contributed by atoms with E-state index in [0.29, 0.717) is 6.54 Å². The average molecular weight is 313 g/mol. The first kappa shape index (κ1) is 14.7. The minimum Gasteiger partial charge on any atom is -0.487 e. The SMILES string of the molecule is Cn1cc([C@@H](O)CN[C@H]2CC3(CCC3)Oc3ccccc32)cn1. The van der Waals surface area contributed by atoms with Crippen molar-refractivity contribution in [3.63, 3.8) is 0 Å². The largest absolute Gasteiger partial charge is 0.487 e. The Morgan fingerprint density at radius 3 is 2.96 bits per heavy atom. The van der Waals surface area contributed by atoms with Crippen LogP contribution in [0.3, 0.4) is 0 Å². The Morgan fingerprint density at radius 1 is 1.43 bits per heavy atom. The Labute approximate surface area is 136 Å². The predicted molar refractivity (Wildman–Crippen MR) is 87.2 cm³/mol. The van der Waals surface area contributed by atoms with Crippen molar-refractivity contribution in [3.8, 4) is 5.75 Å². The maximum atomic E-state index is 10.4. The molecule has 2 atom stereocenters. The second kappa shape index (κ2) is 5.65. The minimum absolute atomic E-state index is 0.00523. The van der Waals surface area contributed by atoms with Gasteiger partial charge in [0.25, 0.3) is 0 Å². The summed E-state index contributed by atoms with van der Waals surface area (Å²) in [6, 6.07) is 8.48. The van der Waals surface area contributed by atoms with Gasteiger partial charge in [-0.15, -0.1) is 0 Å². The van der Waals surface area contributed by atoms with Gasteiger partial charge in [-0.05, 0) is 25.3 Å². The maximum Gasteiger partial charge on any atom is 0.124 e. The van der Waals surface area contributed by atoms with E-state index in [0.717, 1.165) is 30.6 Å². The van der Waals surface area contributed by atoms with Crippen LogP contribution in [-0.2, 0) is 7.05 Å². The first-order chi connectivity index (χ1) is 11.2. The zero-order valence-corrected chi connectivity index (χ0v) is 13.4. The minimum atomic E-state index is -0.545. The van der Waals surface area contributed by atoms with Crippen molar-refractivity contribution >= 4 is 0 Å². The van der Waals surface area contributed by atoms with E-state index in [1.807, 2.05) is 25.4 Å². The van der Waals surface area contributed by atoms with Gasteiger partial charge < -0.3 is 15.2 Å². The first-order valence-corrected chi connectivity index (χ1v) is 8.33. The number of hydrogen-bond acceptors (Lipinski definition) is 4. The van der Waals surface area contributed by atoms with Gasteiger partial charge in [-0.2, -0.15) is 5.10 Å². The van der Waals surface area contributed by atoms with Gasteiger partial charge in [-0.3, -0.25) is 4.68 Å². The molecule has 1 aromatic carbocycles. The van der Waals surface area contributed by atoms with Crippen LogP contribution in [-0.4, -0.2) is 27.0 Å². The van der Waals surface area contributed by atoms with Crippen LogP contribution in [0.4, 0.5) is 0 Å². The molecule has 2 aliphatic rings. The van der Waals surface area contributed by atoms with Crippen LogP contribution >= 0.6 is 0 Å². The van der Waals surface area contributed by atoms with Crippen LogP contribution in [0.5, 0.6) is 5.75 Å². The summed E-state index contributed by atoms with van der Waals surface area (Å²) in [6.07, 6.45) is 7.51. The lowest BCUT2D eigenvalue weighted by atomic mass is 9.73. The van der Waals surface area contributed by atoms with E-state index < -0.39 is 6.10 Å². The maximum absolute atomic E-state index is 10.4. The number of nitrogens with zero attached hydrogens (tertiary/aromatic N) is 2. The molecule has 1 spiro atoms. The number of aryl methyl sites for hydroxylation is 1. The van der Waals surface area contributed by atoms with Crippen molar-refractivity contribution in [2.75, 3.05) is 6.54 Å². The number of benzene rings is 1. The quantitative estimate of drug-likeness (QED) is 0.910. The molecule has 122 valence electrons. The lowest BCUT2D eigenvalue weighted by Crippen LogP contribution is -2.49. The molecule has 1 aliphatic heterocycles. The molecule has 0 radical (unpaired) electrons. The number of rotatable bonds is 4. The van der Waals surface area contributed by atoms with Gasteiger partial charge >= 0.3 is 0 Å². The third-order valence-electron chi connectivity index (χ3n) is 5.13. The third-order valence-corrected chi connectivity index (χ3v) is 5.13. The summed E-state index contributed by atoms with van der Waals surface area (Å²) in [4.78, 5) is 0. The van der Waals surface area contributed by atoms with Gasteiger partial charge in [0.1, 0.15) is 11.4 Å². The summed E-state index contributed by atoms with van der Waals surface area (Å²) >= 11 is 0. The normalized spacial score (nSPS) is 23.0. The standard InChI is InChI=1S/C18H23N3O2/c1-21-12-13(10-20-21)16(22)11-19-15-9-18(7-4-8-18)23-17-6-3-2-5-14(15)17/h2-3,5-6,10,12,15-16,19,22H,4,7-9,11H2,1H3/t15-,16-/m0/s1. The molecule has 0 unspecified atom stereocenters. The summed E-state index contributed by atoms with van der Waals surface area (Å²) in [5.41, 5.74) is 2.05. The number of hydrogen-bond donors (Lipinski definition) is 2. The van der Waals surface area contributed by atoms with Gasteiger partial charge in [0, 0.05) is 43.4 Å². The van der Waals surface area contributed by atoms with Gasteiger partial charge in [-0.1, -0.05) is 18.2 Å². The topological polar surface area (TPSA) is 59.3 Å². The molecule has 2 N–H and O–H groups in total. The highest BCUT2D eigenvalue weighted by Gasteiger charge is 2.45. The van der Waals surface area contributed by atoms with Crippen LogP contribution in [0.15, 0.2) is 36.7 Å². The Morgan fingerprint density at radius 2 is 2.26 bits per heavy atom. The fourth-order valence-corrected chi connectivity index (χ4v) is 3.66. The summed E-state index contributed by atoms with van der Waals surface area (Å²) in [5, 5.41) is 18.0. The molecule has 5 heteroatoms. The summed E-state index contributed by atoms with van der Waals surface area (Å²) < 4.78 is 7.98. The Balaban J connectivity index is 1.49. The van der Waals surface area contributed by atoms with Crippen molar-refractivity contribution < 1.29 is 9.84 Å². The van der Waals surface area contributed by atoms with E-state index in [4.69, 9.17) is 4.74 Å². The van der Waals surface area contributed by atoms with Gasteiger partial charge in [-0.25, -0.2) is 0 Å². The molecule has 5 nitrogen and oxygen atoms in total. The van der Waals surface area contributed by atoms with E-state index in [-0.39, 0.29) is 11.6 Å². The van der Waals surface area contributed by atoms with Gasteiger partial charge in [0.2, 0.25) is 0 Å². The summed E-state index contributed by atoms with van der Waals surface area (Å²) in [7, 11) is 1.86. The number of ether oxygens (including phenoxy) is 1. The Bertz CT molecular complexity index is 693. The second-order valence-electron chi connectivity index (χ2n) is 6.80. The van der Waals surface area contributed by atoms with Gasteiger partial charge in [0.15, 0.2) is 0 Å². The van der Waals surface area contributed by atoms with E-state index in [2.05, 4.69) is 22.5 Å². The predicted octanol–water partition coefficient (Wildman–Crippen LogP) is 2.49. The molecule has 1 aromatic heterocycles. The molecule has 1 aliphatic carbocycles. The van der Waals surface area contributed by atoms with Crippen LogP contribution in [0.25, 0.3) is 0 Å². The summed E-state index contributed by atoms with van der Waals surface area (Å²) in [5.74, 6) is 0.992. The lowest BCUT2D eigenvalue weighted by Gasteiger charge is -2.48. The average Bonchev–Trinajstić information content (AvgIpc) is 2.97. The van der Waals surface area contributed by atoms with Crippen LogP contribution in [0.1, 0.15) is 49.0 Å². The number of fused-ring (bicyclic) bond motifs is 1. The van der Waals surface area contributed by atoms with Crippen LogP contribution in [0, 0.1) is 0 Å². The zero-order chi connectivity index (χ0) is 15.9. The smallest absolute Gasteiger partial charge is 0.124 e. The first-order valence-electron chi connectivity index (χ1n) is 8.33. The number of aliphatic hydroxyl groups is 1. The molecule has 2 heterocycles. The van der Waals surface area contributed by atoms with E-state index in [1.54, 1.807) is 10.9 Å². The van der Waals surface area contributed by atoms with Crippen molar-refractivity contribution in [1.82, 2.24) is 15.1 Å². The second-order valence-corrected chi connectivity index (χ2v) is 6.80. The number of nitrogens with one attached hydrogen (secondary N) is 1. The molecule has 1 saturated carbocycles. The molecule has 0 amide bonds. The molecule has 23 heavy (non-hydrogen) atoms. The van der Waals surface area contributed by atoms with Crippen molar-refractivity contribution in [1.29, 1.82) is 0 Å². The third kappa shape index (κ3) is 2.75. The molecule has 4 rings (SSSR count). The molecule has 2 aromatic rings.